The Labute approximate surface area is 120 Å². The average Bonchev–Trinajstić information content (AvgIpc) is 2.25. The second-order valence-corrected chi connectivity index (χ2v) is 6.25. The molecule has 106 valence electrons. The van der Waals surface area contributed by atoms with Crippen LogP contribution in [0.4, 0.5) is 17.3 Å². The zero-order valence-corrected chi connectivity index (χ0v) is 12.8. The first-order chi connectivity index (χ1) is 9.24. The molecule has 2 aromatic rings. The van der Waals surface area contributed by atoms with Gasteiger partial charge in [-0.3, -0.25) is 0 Å². The topological polar surface area (TPSA) is 63.8 Å². The van der Waals surface area contributed by atoms with Gasteiger partial charge in [-0.15, -0.1) is 0 Å². The molecule has 1 aromatic heterocycles. The van der Waals surface area contributed by atoms with E-state index in [1.165, 1.54) is 11.1 Å². The number of nitrogens with two attached hydrogens (primary N) is 1. The molecule has 0 unspecified atom stereocenters. The summed E-state index contributed by atoms with van der Waals surface area (Å²) >= 11 is 0. The van der Waals surface area contributed by atoms with E-state index in [4.69, 9.17) is 5.73 Å². The molecule has 2 rings (SSSR count). The van der Waals surface area contributed by atoms with Crippen molar-refractivity contribution in [3.63, 3.8) is 0 Å². The lowest BCUT2D eigenvalue weighted by molar-refractivity contribution is 0.547. The Hall–Kier alpha value is -2.10. The molecule has 0 amide bonds. The Bertz CT molecular complexity index is 607. The number of nitrogens with zero attached hydrogens (tertiary/aromatic N) is 2. The Balaban J connectivity index is 2.36. The maximum atomic E-state index is 5.88. The summed E-state index contributed by atoms with van der Waals surface area (Å²) in [4.78, 5) is 8.87. The summed E-state index contributed by atoms with van der Waals surface area (Å²) in [7, 11) is 0. The molecule has 0 aliphatic heterocycles. The summed E-state index contributed by atoms with van der Waals surface area (Å²) in [5, 5.41) is 3.31. The lowest BCUT2D eigenvalue weighted by Gasteiger charge is -2.18. The molecule has 0 saturated carbocycles. The predicted molar refractivity (Wildman–Crippen MR) is 84.3 cm³/mol. The van der Waals surface area contributed by atoms with Crippen LogP contribution < -0.4 is 11.1 Å². The van der Waals surface area contributed by atoms with E-state index >= 15 is 0 Å². The zero-order chi connectivity index (χ0) is 14.9. The highest BCUT2D eigenvalue weighted by molar-refractivity contribution is 5.60. The summed E-state index contributed by atoms with van der Waals surface area (Å²) in [5.41, 5.74) is 9.19. The van der Waals surface area contributed by atoms with Crippen LogP contribution in [-0.4, -0.2) is 9.97 Å². The van der Waals surface area contributed by atoms with Crippen molar-refractivity contribution in [3.05, 3.63) is 41.2 Å². The van der Waals surface area contributed by atoms with Gasteiger partial charge in [0.15, 0.2) is 0 Å². The SMILES string of the molecule is Cc1cc(C)cc(Nc2cc(N)nc(C(C)(C)C)n2)c1. The molecule has 3 N–H and O–H groups in total. The van der Waals surface area contributed by atoms with E-state index in [1.54, 1.807) is 6.07 Å². The number of hydrogen-bond donors (Lipinski definition) is 2. The van der Waals surface area contributed by atoms with Crippen LogP contribution in [0.25, 0.3) is 0 Å². The third kappa shape index (κ3) is 3.47. The molecule has 0 aliphatic rings. The van der Waals surface area contributed by atoms with E-state index in [0.29, 0.717) is 5.82 Å². The molecule has 4 heteroatoms. The number of aryl methyl sites for hydroxylation is 2. The molecule has 0 bridgehead atoms. The normalized spacial score (nSPS) is 11.4. The molecule has 20 heavy (non-hydrogen) atoms. The van der Waals surface area contributed by atoms with Crippen molar-refractivity contribution < 1.29 is 0 Å². The highest BCUT2D eigenvalue weighted by atomic mass is 15.1. The van der Waals surface area contributed by atoms with Gasteiger partial charge in [-0.25, -0.2) is 9.97 Å². The Morgan fingerprint density at radius 1 is 0.950 bits per heavy atom. The Morgan fingerprint density at radius 3 is 2.10 bits per heavy atom. The number of aromatic nitrogens is 2. The van der Waals surface area contributed by atoms with Crippen molar-refractivity contribution in [2.75, 3.05) is 11.1 Å². The number of benzene rings is 1. The zero-order valence-electron chi connectivity index (χ0n) is 12.8. The molecule has 0 spiro atoms. The Kier molecular flexibility index (Phi) is 3.66. The number of nitrogen functional groups attached to an aromatic ring is 1. The van der Waals surface area contributed by atoms with Gasteiger partial charge < -0.3 is 11.1 Å². The molecular formula is C16H22N4. The van der Waals surface area contributed by atoms with E-state index < -0.39 is 0 Å². The van der Waals surface area contributed by atoms with Gasteiger partial charge in [-0.2, -0.15) is 0 Å². The molecule has 1 aromatic carbocycles. The first-order valence-electron chi connectivity index (χ1n) is 6.74. The van der Waals surface area contributed by atoms with Gasteiger partial charge in [0.25, 0.3) is 0 Å². The molecule has 0 radical (unpaired) electrons. The Morgan fingerprint density at radius 2 is 1.55 bits per heavy atom. The number of rotatable bonds is 2. The first-order valence-corrected chi connectivity index (χ1v) is 6.74. The highest BCUT2D eigenvalue weighted by Gasteiger charge is 2.18. The fourth-order valence-electron chi connectivity index (χ4n) is 2.06. The van der Waals surface area contributed by atoms with Crippen LogP contribution >= 0.6 is 0 Å². The lowest BCUT2D eigenvalue weighted by Crippen LogP contribution is -2.17. The minimum absolute atomic E-state index is 0.131. The summed E-state index contributed by atoms with van der Waals surface area (Å²) in [6.07, 6.45) is 0. The summed E-state index contributed by atoms with van der Waals surface area (Å²) in [5.74, 6) is 1.95. The standard InChI is InChI=1S/C16H22N4/c1-10-6-11(2)8-12(7-10)18-14-9-13(17)19-15(20-14)16(3,4)5/h6-9H,1-5H3,(H3,17,18,19,20). The largest absolute Gasteiger partial charge is 0.384 e. The minimum atomic E-state index is -0.131. The van der Waals surface area contributed by atoms with Gasteiger partial charge in [0.05, 0.1) is 0 Å². The molecule has 1 heterocycles. The second kappa shape index (κ2) is 5.12. The molecule has 0 saturated heterocycles. The van der Waals surface area contributed by atoms with Crippen molar-refractivity contribution >= 4 is 17.3 Å². The highest BCUT2D eigenvalue weighted by Crippen LogP contribution is 2.24. The maximum absolute atomic E-state index is 5.88. The average molecular weight is 270 g/mol. The number of hydrogen-bond acceptors (Lipinski definition) is 4. The summed E-state index contributed by atoms with van der Waals surface area (Å²) in [6.45, 7) is 10.4. The molecular weight excluding hydrogens is 248 g/mol. The monoisotopic (exact) mass is 270 g/mol. The second-order valence-electron chi connectivity index (χ2n) is 6.25. The fourth-order valence-corrected chi connectivity index (χ4v) is 2.06. The minimum Gasteiger partial charge on any atom is -0.384 e. The van der Waals surface area contributed by atoms with Crippen molar-refractivity contribution in [2.24, 2.45) is 0 Å². The smallest absolute Gasteiger partial charge is 0.138 e. The van der Waals surface area contributed by atoms with Crippen LogP contribution in [0.1, 0.15) is 37.7 Å². The van der Waals surface area contributed by atoms with E-state index in [2.05, 4.69) is 68.1 Å². The summed E-state index contributed by atoms with van der Waals surface area (Å²) < 4.78 is 0. The van der Waals surface area contributed by atoms with Crippen molar-refractivity contribution in [1.29, 1.82) is 0 Å². The van der Waals surface area contributed by atoms with Crippen molar-refractivity contribution in [1.82, 2.24) is 9.97 Å². The predicted octanol–water partition coefficient (Wildman–Crippen LogP) is 3.72. The van der Waals surface area contributed by atoms with Gasteiger partial charge in [-0.1, -0.05) is 26.8 Å². The van der Waals surface area contributed by atoms with Gasteiger partial charge in [-0.05, 0) is 37.1 Å². The first kappa shape index (κ1) is 14.3. The number of nitrogens with one attached hydrogen (secondary N) is 1. The van der Waals surface area contributed by atoms with E-state index in [9.17, 15) is 0 Å². The number of anilines is 3. The van der Waals surface area contributed by atoms with Gasteiger partial charge >= 0.3 is 0 Å². The van der Waals surface area contributed by atoms with E-state index in [-0.39, 0.29) is 5.41 Å². The van der Waals surface area contributed by atoms with Crippen LogP contribution in [0.3, 0.4) is 0 Å². The quantitative estimate of drug-likeness (QED) is 0.873. The third-order valence-corrected chi connectivity index (χ3v) is 2.91. The third-order valence-electron chi connectivity index (χ3n) is 2.91. The van der Waals surface area contributed by atoms with Gasteiger partial charge in [0.1, 0.15) is 17.5 Å². The summed E-state index contributed by atoms with van der Waals surface area (Å²) in [6, 6.07) is 8.07. The van der Waals surface area contributed by atoms with E-state index in [0.717, 1.165) is 17.3 Å². The molecule has 0 atom stereocenters. The van der Waals surface area contributed by atoms with Crippen LogP contribution in [0.15, 0.2) is 24.3 Å². The van der Waals surface area contributed by atoms with Crippen LogP contribution in [0, 0.1) is 13.8 Å². The molecule has 0 fully saturated rings. The lowest BCUT2D eigenvalue weighted by atomic mass is 9.96. The van der Waals surface area contributed by atoms with Gasteiger partial charge in [0, 0.05) is 17.2 Å². The molecule has 0 aliphatic carbocycles. The van der Waals surface area contributed by atoms with Crippen LogP contribution in [-0.2, 0) is 5.41 Å². The van der Waals surface area contributed by atoms with Crippen LogP contribution in [0.5, 0.6) is 0 Å². The van der Waals surface area contributed by atoms with Crippen molar-refractivity contribution in [3.8, 4) is 0 Å². The van der Waals surface area contributed by atoms with Crippen LogP contribution in [0.2, 0.25) is 0 Å². The molecule has 4 nitrogen and oxygen atoms in total. The van der Waals surface area contributed by atoms with E-state index in [1.807, 2.05) is 0 Å². The fraction of sp³-hybridized carbons (Fsp3) is 0.375. The maximum Gasteiger partial charge on any atom is 0.138 e. The van der Waals surface area contributed by atoms with Gasteiger partial charge in [0.2, 0.25) is 0 Å². The van der Waals surface area contributed by atoms with Crippen molar-refractivity contribution in [2.45, 2.75) is 40.0 Å².